The standard InChI is InChI=1S/C16H16BrNO2/c17-13-6-11(8-18-9-13)10-20-14-5-4-12-2-1-3-16(19)15(12)7-14/h4-9,16,19H,1-3,10H2/t16-/m1/s1. The molecule has 1 aromatic carbocycles. The number of rotatable bonds is 3. The van der Waals surface area contributed by atoms with E-state index < -0.39 is 0 Å². The van der Waals surface area contributed by atoms with Gasteiger partial charge in [-0.3, -0.25) is 4.98 Å². The highest BCUT2D eigenvalue weighted by atomic mass is 79.9. The summed E-state index contributed by atoms with van der Waals surface area (Å²) in [6.45, 7) is 0.474. The minimum atomic E-state index is -0.352. The van der Waals surface area contributed by atoms with Crippen molar-refractivity contribution >= 4 is 15.9 Å². The van der Waals surface area contributed by atoms with E-state index in [4.69, 9.17) is 4.74 Å². The van der Waals surface area contributed by atoms with Crippen LogP contribution in [0.1, 0.15) is 35.6 Å². The van der Waals surface area contributed by atoms with Crippen molar-refractivity contribution in [1.29, 1.82) is 0 Å². The monoisotopic (exact) mass is 333 g/mol. The molecule has 20 heavy (non-hydrogen) atoms. The average molecular weight is 334 g/mol. The van der Waals surface area contributed by atoms with Gasteiger partial charge < -0.3 is 9.84 Å². The third-order valence-electron chi connectivity index (χ3n) is 3.57. The second-order valence-electron chi connectivity index (χ2n) is 5.07. The zero-order valence-corrected chi connectivity index (χ0v) is 12.6. The lowest BCUT2D eigenvalue weighted by molar-refractivity contribution is 0.156. The quantitative estimate of drug-likeness (QED) is 0.929. The third kappa shape index (κ3) is 3.02. The van der Waals surface area contributed by atoms with Gasteiger partial charge in [-0.15, -0.1) is 0 Å². The Balaban J connectivity index is 1.73. The van der Waals surface area contributed by atoms with Crippen molar-refractivity contribution in [3.63, 3.8) is 0 Å². The van der Waals surface area contributed by atoms with E-state index in [0.29, 0.717) is 6.61 Å². The van der Waals surface area contributed by atoms with Gasteiger partial charge in [-0.05, 0) is 64.5 Å². The van der Waals surface area contributed by atoms with Gasteiger partial charge in [0.25, 0.3) is 0 Å². The van der Waals surface area contributed by atoms with Gasteiger partial charge in [0.2, 0.25) is 0 Å². The van der Waals surface area contributed by atoms with Crippen molar-refractivity contribution in [1.82, 2.24) is 4.98 Å². The van der Waals surface area contributed by atoms with E-state index in [-0.39, 0.29) is 6.10 Å². The highest BCUT2D eigenvalue weighted by Gasteiger charge is 2.18. The van der Waals surface area contributed by atoms with Crippen LogP contribution in [0.4, 0.5) is 0 Å². The summed E-state index contributed by atoms with van der Waals surface area (Å²) in [5.74, 6) is 0.796. The molecule has 1 atom stereocenters. The molecule has 104 valence electrons. The van der Waals surface area contributed by atoms with Crippen molar-refractivity contribution in [2.75, 3.05) is 0 Å². The Morgan fingerprint density at radius 3 is 3.05 bits per heavy atom. The maximum absolute atomic E-state index is 10.0. The molecule has 1 heterocycles. The topological polar surface area (TPSA) is 42.4 Å². The molecule has 0 unspecified atom stereocenters. The predicted molar refractivity (Wildman–Crippen MR) is 80.6 cm³/mol. The summed E-state index contributed by atoms with van der Waals surface area (Å²) >= 11 is 3.39. The summed E-state index contributed by atoms with van der Waals surface area (Å²) in [6.07, 6.45) is 6.12. The first-order valence-electron chi connectivity index (χ1n) is 6.75. The molecule has 3 rings (SSSR count). The van der Waals surface area contributed by atoms with Gasteiger partial charge in [-0.2, -0.15) is 0 Å². The predicted octanol–water partition coefficient (Wildman–Crippen LogP) is 3.79. The van der Waals surface area contributed by atoms with E-state index in [0.717, 1.165) is 40.6 Å². The van der Waals surface area contributed by atoms with Crippen LogP contribution < -0.4 is 4.74 Å². The van der Waals surface area contributed by atoms with Gasteiger partial charge >= 0.3 is 0 Å². The van der Waals surface area contributed by atoms with Crippen LogP contribution in [-0.2, 0) is 13.0 Å². The number of hydrogen-bond acceptors (Lipinski definition) is 3. The van der Waals surface area contributed by atoms with Gasteiger partial charge in [0.1, 0.15) is 12.4 Å². The fraction of sp³-hybridized carbons (Fsp3) is 0.312. The minimum absolute atomic E-state index is 0.352. The Bertz CT molecular complexity index is 615. The molecular formula is C16H16BrNO2. The minimum Gasteiger partial charge on any atom is -0.489 e. The Kier molecular flexibility index (Phi) is 4.03. The van der Waals surface area contributed by atoms with Crippen molar-refractivity contribution in [3.05, 3.63) is 57.8 Å². The number of hydrogen-bond donors (Lipinski definition) is 1. The third-order valence-corrected chi connectivity index (χ3v) is 4.00. The Morgan fingerprint density at radius 1 is 1.30 bits per heavy atom. The highest BCUT2D eigenvalue weighted by Crippen LogP contribution is 2.32. The largest absolute Gasteiger partial charge is 0.489 e. The molecule has 0 spiro atoms. The first-order chi connectivity index (χ1) is 9.72. The molecule has 2 aromatic rings. The lowest BCUT2D eigenvalue weighted by Crippen LogP contribution is -2.09. The van der Waals surface area contributed by atoms with Crippen molar-refractivity contribution in [2.45, 2.75) is 32.0 Å². The SMILES string of the molecule is O[C@@H]1CCCc2ccc(OCc3cncc(Br)c3)cc21. The summed E-state index contributed by atoms with van der Waals surface area (Å²) in [5, 5.41) is 10.0. The average Bonchev–Trinajstić information content (AvgIpc) is 2.46. The molecule has 0 bridgehead atoms. The van der Waals surface area contributed by atoms with E-state index in [1.54, 1.807) is 12.4 Å². The van der Waals surface area contributed by atoms with Crippen molar-refractivity contribution in [3.8, 4) is 5.75 Å². The van der Waals surface area contributed by atoms with Crippen LogP contribution in [0.15, 0.2) is 41.1 Å². The van der Waals surface area contributed by atoms with Crippen LogP contribution in [0.3, 0.4) is 0 Å². The molecular weight excluding hydrogens is 318 g/mol. The summed E-state index contributed by atoms with van der Waals surface area (Å²) in [4.78, 5) is 4.11. The van der Waals surface area contributed by atoms with Crippen molar-refractivity contribution < 1.29 is 9.84 Å². The Morgan fingerprint density at radius 2 is 2.20 bits per heavy atom. The van der Waals surface area contributed by atoms with Gasteiger partial charge in [-0.25, -0.2) is 0 Å². The van der Waals surface area contributed by atoms with Crippen LogP contribution in [-0.4, -0.2) is 10.1 Å². The molecule has 1 aromatic heterocycles. The molecule has 0 fully saturated rings. The first kappa shape index (κ1) is 13.6. The maximum atomic E-state index is 10.0. The fourth-order valence-electron chi connectivity index (χ4n) is 2.54. The number of fused-ring (bicyclic) bond motifs is 1. The van der Waals surface area contributed by atoms with Crippen LogP contribution in [0.5, 0.6) is 5.75 Å². The molecule has 3 nitrogen and oxygen atoms in total. The number of pyridine rings is 1. The molecule has 4 heteroatoms. The lowest BCUT2D eigenvalue weighted by atomic mass is 9.89. The summed E-state index contributed by atoms with van der Waals surface area (Å²) in [7, 11) is 0. The number of aliphatic hydroxyl groups excluding tert-OH is 1. The van der Waals surface area contributed by atoms with Gasteiger partial charge in [0.05, 0.1) is 6.10 Å². The van der Waals surface area contributed by atoms with E-state index in [9.17, 15) is 5.11 Å². The number of nitrogens with zero attached hydrogens (tertiary/aromatic N) is 1. The number of benzene rings is 1. The molecule has 0 aliphatic heterocycles. The molecule has 1 aliphatic carbocycles. The molecule has 0 radical (unpaired) electrons. The zero-order valence-electron chi connectivity index (χ0n) is 11.1. The van der Waals surface area contributed by atoms with Crippen LogP contribution in [0, 0.1) is 0 Å². The van der Waals surface area contributed by atoms with Crippen molar-refractivity contribution in [2.24, 2.45) is 0 Å². The summed E-state index contributed by atoms with van der Waals surface area (Å²) in [6, 6.07) is 7.99. The van der Waals surface area contributed by atoms with E-state index >= 15 is 0 Å². The highest BCUT2D eigenvalue weighted by molar-refractivity contribution is 9.10. The van der Waals surface area contributed by atoms with E-state index in [1.165, 1.54) is 5.56 Å². The number of aryl methyl sites for hydroxylation is 1. The van der Waals surface area contributed by atoms with Gasteiger partial charge in [-0.1, -0.05) is 6.07 Å². The zero-order chi connectivity index (χ0) is 13.9. The fourth-order valence-corrected chi connectivity index (χ4v) is 2.96. The number of ether oxygens (including phenoxy) is 1. The van der Waals surface area contributed by atoms with Crippen LogP contribution in [0.25, 0.3) is 0 Å². The maximum Gasteiger partial charge on any atom is 0.120 e. The smallest absolute Gasteiger partial charge is 0.120 e. The van der Waals surface area contributed by atoms with E-state index in [2.05, 4.69) is 27.0 Å². The van der Waals surface area contributed by atoms with Gasteiger partial charge in [0.15, 0.2) is 0 Å². The second kappa shape index (κ2) is 5.94. The Labute approximate surface area is 126 Å². The number of aliphatic hydroxyl groups is 1. The first-order valence-corrected chi connectivity index (χ1v) is 7.55. The van der Waals surface area contributed by atoms with Crippen LogP contribution in [0.2, 0.25) is 0 Å². The van der Waals surface area contributed by atoms with Crippen LogP contribution >= 0.6 is 15.9 Å². The Hall–Kier alpha value is -1.39. The second-order valence-corrected chi connectivity index (χ2v) is 5.98. The molecule has 0 saturated carbocycles. The molecule has 0 amide bonds. The number of aromatic nitrogens is 1. The normalized spacial score (nSPS) is 17.6. The van der Waals surface area contributed by atoms with Gasteiger partial charge in [0, 0.05) is 22.4 Å². The molecule has 0 saturated heterocycles. The van der Waals surface area contributed by atoms with E-state index in [1.807, 2.05) is 18.2 Å². The lowest BCUT2D eigenvalue weighted by Gasteiger charge is -2.22. The molecule has 1 N–H and O–H groups in total. The number of halogens is 1. The summed E-state index contributed by atoms with van der Waals surface area (Å²) in [5.41, 5.74) is 3.26. The molecule has 1 aliphatic rings. The summed E-state index contributed by atoms with van der Waals surface area (Å²) < 4.78 is 6.73.